The number of aromatic nitrogens is 4. The maximum atomic E-state index is 13.0. The van der Waals surface area contributed by atoms with Crippen molar-refractivity contribution in [3.05, 3.63) is 64.8 Å². The maximum absolute atomic E-state index is 13.0. The second kappa shape index (κ2) is 5.14. The monoisotopic (exact) mass is 322 g/mol. The molecule has 0 aliphatic rings. The first-order valence-corrected chi connectivity index (χ1v) is 7.43. The third-order valence-electron chi connectivity index (χ3n) is 3.70. The Morgan fingerprint density at radius 2 is 2.00 bits per heavy atom. The van der Waals surface area contributed by atoms with Gasteiger partial charge in [-0.05, 0) is 36.8 Å². The van der Waals surface area contributed by atoms with Gasteiger partial charge in [0, 0.05) is 11.6 Å². The fraction of sp³-hybridized carbons (Fsp3) is 0.0588. The van der Waals surface area contributed by atoms with Gasteiger partial charge < -0.3 is 0 Å². The van der Waals surface area contributed by atoms with Gasteiger partial charge in [0.1, 0.15) is 5.52 Å². The van der Waals surface area contributed by atoms with E-state index < -0.39 is 0 Å². The molecule has 2 aromatic heterocycles. The summed E-state index contributed by atoms with van der Waals surface area (Å²) >= 11 is 6.28. The lowest BCUT2D eigenvalue weighted by atomic mass is 10.1. The lowest BCUT2D eigenvalue weighted by Crippen LogP contribution is -2.15. The molecule has 2 heterocycles. The van der Waals surface area contributed by atoms with Gasteiger partial charge in [-0.1, -0.05) is 35.0 Å². The van der Waals surface area contributed by atoms with Crippen LogP contribution >= 0.6 is 11.6 Å². The second-order valence-electron chi connectivity index (χ2n) is 5.30. The van der Waals surface area contributed by atoms with Crippen molar-refractivity contribution in [2.75, 3.05) is 0 Å². The molecule has 0 fully saturated rings. The molecule has 2 aromatic carbocycles. The summed E-state index contributed by atoms with van der Waals surface area (Å²) in [6.45, 7) is 1.95. The first kappa shape index (κ1) is 13.8. The van der Waals surface area contributed by atoms with Gasteiger partial charge in [-0.15, -0.1) is 5.10 Å². The van der Waals surface area contributed by atoms with Crippen LogP contribution < -0.4 is 0 Å². The lowest BCUT2D eigenvalue weighted by molar-refractivity contribution is 0.0950. The molecule has 4 rings (SSSR count). The van der Waals surface area contributed by atoms with Crippen molar-refractivity contribution in [2.45, 2.75) is 6.92 Å². The van der Waals surface area contributed by atoms with Gasteiger partial charge >= 0.3 is 0 Å². The first-order valence-electron chi connectivity index (χ1n) is 7.05. The Hall–Kier alpha value is -2.79. The van der Waals surface area contributed by atoms with E-state index in [2.05, 4.69) is 15.3 Å². The molecule has 0 N–H and O–H groups in total. The maximum Gasteiger partial charge on any atom is 0.283 e. The number of hydrogen-bond acceptors (Lipinski definition) is 4. The molecule has 0 saturated heterocycles. The zero-order valence-corrected chi connectivity index (χ0v) is 12.9. The molecule has 0 spiro atoms. The summed E-state index contributed by atoms with van der Waals surface area (Å²) in [5, 5.41) is 9.19. The highest BCUT2D eigenvalue weighted by Gasteiger charge is 2.20. The number of hydrogen-bond donors (Lipinski definition) is 0. The number of para-hydroxylation sites is 1. The largest absolute Gasteiger partial charge is 0.283 e. The van der Waals surface area contributed by atoms with Crippen LogP contribution in [0, 0.1) is 6.92 Å². The number of pyridine rings is 1. The molecule has 112 valence electrons. The van der Waals surface area contributed by atoms with Crippen LogP contribution in [-0.2, 0) is 0 Å². The van der Waals surface area contributed by atoms with Crippen LogP contribution in [0.4, 0.5) is 0 Å². The van der Waals surface area contributed by atoms with Crippen LogP contribution in [0.15, 0.2) is 48.7 Å². The Bertz CT molecular complexity index is 1070. The fourth-order valence-corrected chi connectivity index (χ4v) is 2.85. The van der Waals surface area contributed by atoms with Crippen molar-refractivity contribution in [1.82, 2.24) is 20.0 Å². The van der Waals surface area contributed by atoms with Crippen molar-refractivity contribution in [3.8, 4) is 0 Å². The van der Waals surface area contributed by atoms with Crippen molar-refractivity contribution in [2.24, 2.45) is 0 Å². The topological polar surface area (TPSA) is 60.7 Å². The molecule has 0 unspecified atom stereocenters. The van der Waals surface area contributed by atoms with Crippen LogP contribution in [0.1, 0.15) is 15.9 Å². The van der Waals surface area contributed by atoms with Crippen LogP contribution in [0.3, 0.4) is 0 Å². The smallest absolute Gasteiger partial charge is 0.267 e. The van der Waals surface area contributed by atoms with E-state index in [1.54, 1.807) is 24.4 Å². The van der Waals surface area contributed by atoms with Gasteiger partial charge in [-0.3, -0.25) is 9.78 Å². The number of fused-ring (bicyclic) bond motifs is 2. The molecular formula is C17H11ClN4O. The van der Waals surface area contributed by atoms with Crippen LogP contribution in [-0.4, -0.2) is 25.9 Å². The summed E-state index contributed by atoms with van der Waals surface area (Å²) < 4.78 is 1.26. The molecular weight excluding hydrogens is 312 g/mol. The third kappa shape index (κ3) is 2.17. The van der Waals surface area contributed by atoms with Gasteiger partial charge in [-0.2, -0.15) is 4.68 Å². The van der Waals surface area contributed by atoms with Crippen molar-refractivity contribution in [3.63, 3.8) is 0 Å². The number of carbonyl (C=O) groups is 1. The molecule has 5 nitrogen and oxygen atoms in total. The highest BCUT2D eigenvalue weighted by molar-refractivity contribution is 6.35. The molecule has 0 saturated carbocycles. The lowest BCUT2D eigenvalue weighted by Gasteiger charge is -2.08. The molecule has 0 atom stereocenters. The summed E-state index contributed by atoms with van der Waals surface area (Å²) in [4.78, 5) is 17.4. The van der Waals surface area contributed by atoms with Gasteiger partial charge in [-0.25, -0.2) is 0 Å². The average molecular weight is 323 g/mol. The minimum Gasteiger partial charge on any atom is -0.267 e. The van der Waals surface area contributed by atoms with E-state index in [1.165, 1.54) is 4.68 Å². The highest BCUT2D eigenvalue weighted by Crippen LogP contribution is 2.26. The number of aryl methyl sites for hydroxylation is 1. The molecule has 23 heavy (non-hydrogen) atoms. The van der Waals surface area contributed by atoms with Gasteiger partial charge in [0.15, 0.2) is 0 Å². The predicted octanol–water partition coefficient (Wildman–Crippen LogP) is 3.63. The SMILES string of the molecule is Cc1cnc2c(C(=O)n3nnc4ccccc43)c(Cl)ccc2c1. The van der Waals surface area contributed by atoms with Crippen molar-refractivity contribution in [1.29, 1.82) is 0 Å². The van der Waals surface area contributed by atoms with E-state index in [0.29, 0.717) is 27.1 Å². The Kier molecular flexibility index (Phi) is 3.09. The molecule has 0 bridgehead atoms. The second-order valence-corrected chi connectivity index (χ2v) is 5.71. The van der Waals surface area contributed by atoms with Crippen molar-refractivity contribution >= 4 is 39.4 Å². The Labute approximate surface area is 136 Å². The number of benzene rings is 2. The quantitative estimate of drug-likeness (QED) is 0.537. The molecule has 6 heteroatoms. The zero-order chi connectivity index (χ0) is 16.0. The number of nitrogens with zero attached hydrogens (tertiary/aromatic N) is 4. The van der Waals surface area contributed by atoms with Crippen LogP contribution in [0.2, 0.25) is 5.02 Å². The number of halogens is 1. The van der Waals surface area contributed by atoms with E-state index in [-0.39, 0.29) is 5.91 Å². The number of rotatable bonds is 1. The van der Waals surface area contributed by atoms with E-state index in [0.717, 1.165) is 10.9 Å². The van der Waals surface area contributed by atoms with Crippen LogP contribution in [0.25, 0.3) is 21.9 Å². The summed E-state index contributed by atoms with van der Waals surface area (Å²) in [5.74, 6) is -0.342. The zero-order valence-electron chi connectivity index (χ0n) is 12.2. The number of carbonyl (C=O) groups excluding carboxylic acids is 1. The predicted molar refractivity (Wildman–Crippen MR) is 88.7 cm³/mol. The third-order valence-corrected chi connectivity index (χ3v) is 4.01. The summed E-state index contributed by atoms with van der Waals surface area (Å²) in [7, 11) is 0. The van der Waals surface area contributed by atoms with E-state index in [1.807, 2.05) is 31.2 Å². The van der Waals surface area contributed by atoms with Gasteiger partial charge in [0.25, 0.3) is 5.91 Å². The molecule has 0 aliphatic carbocycles. The minimum absolute atomic E-state index is 0.333. The standard InChI is InChI=1S/C17H11ClN4O/c1-10-8-11-6-7-12(18)15(16(11)19-9-10)17(23)22-14-5-3-2-4-13(14)20-21-22/h2-9H,1H3. The highest BCUT2D eigenvalue weighted by atomic mass is 35.5. The normalized spacial score (nSPS) is 11.2. The van der Waals surface area contributed by atoms with Crippen molar-refractivity contribution < 1.29 is 4.79 Å². The van der Waals surface area contributed by atoms with Gasteiger partial charge in [0.05, 0.1) is 21.6 Å². The Morgan fingerprint density at radius 3 is 2.87 bits per heavy atom. The molecule has 0 amide bonds. The average Bonchev–Trinajstić information content (AvgIpc) is 2.98. The van der Waals surface area contributed by atoms with E-state index >= 15 is 0 Å². The summed E-state index contributed by atoms with van der Waals surface area (Å²) in [5.41, 5.74) is 3.20. The minimum atomic E-state index is -0.342. The first-order chi connectivity index (χ1) is 11.1. The van der Waals surface area contributed by atoms with Gasteiger partial charge in [0.2, 0.25) is 0 Å². The van der Waals surface area contributed by atoms with Crippen LogP contribution in [0.5, 0.6) is 0 Å². The van der Waals surface area contributed by atoms with E-state index in [9.17, 15) is 4.79 Å². The Morgan fingerprint density at radius 1 is 1.17 bits per heavy atom. The summed E-state index contributed by atoms with van der Waals surface area (Å²) in [6.07, 6.45) is 1.72. The molecule has 0 aliphatic heterocycles. The fourth-order valence-electron chi connectivity index (χ4n) is 2.62. The summed E-state index contributed by atoms with van der Waals surface area (Å²) in [6, 6.07) is 12.8. The molecule has 4 aromatic rings. The van der Waals surface area contributed by atoms with E-state index in [4.69, 9.17) is 11.6 Å². The Balaban J connectivity index is 1.98. The molecule has 0 radical (unpaired) electrons.